The molecule has 0 unspecified atom stereocenters. The predicted octanol–water partition coefficient (Wildman–Crippen LogP) is -0.143. The molecule has 0 saturated carbocycles. The molecule has 0 radical (unpaired) electrons. The van der Waals surface area contributed by atoms with Gasteiger partial charge in [-0.15, -0.1) is 0 Å². The van der Waals surface area contributed by atoms with E-state index in [2.05, 4.69) is 20.3 Å². The highest BCUT2D eigenvalue weighted by Crippen LogP contribution is 2.20. The lowest BCUT2D eigenvalue weighted by Gasteiger charge is -2.27. The Balaban J connectivity index is 1.49. The van der Waals surface area contributed by atoms with E-state index < -0.39 is 0 Å². The van der Waals surface area contributed by atoms with Crippen LogP contribution in [0.2, 0.25) is 0 Å². The van der Waals surface area contributed by atoms with Gasteiger partial charge in [0.25, 0.3) is 5.91 Å². The summed E-state index contributed by atoms with van der Waals surface area (Å²) in [5, 5.41) is 16.3. The fourth-order valence-electron chi connectivity index (χ4n) is 3.69. The van der Waals surface area contributed by atoms with Gasteiger partial charge in [0.15, 0.2) is 5.65 Å². The van der Waals surface area contributed by atoms with Gasteiger partial charge in [-0.2, -0.15) is 5.10 Å². The normalized spacial score (nSPS) is 24.2. The van der Waals surface area contributed by atoms with Crippen LogP contribution in [0.15, 0.2) is 18.6 Å². The van der Waals surface area contributed by atoms with Gasteiger partial charge in [0.2, 0.25) is 0 Å². The number of hydrogen-bond acceptors (Lipinski definition) is 6. The summed E-state index contributed by atoms with van der Waals surface area (Å²) in [4.78, 5) is 19.5. The van der Waals surface area contributed by atoms with Gasteiger partial charge in [-0.3, -0.25) is 9.69 Å². The fraction of sp³-hybridized carbons (Fsp3) is 0.588. The Morgan fingerprint density at radius 1 is 1.32 bits per heavy atom. The Bertz CT molecular complexity index is 756. The molecule has 2 atom stereocenters. The number of rotatable bonds is 5. The van der Waals surface area contributed by atoms with Crippen molar-refractivity contribution in [2.24, 2.45) is 0 Å². The van der Waals surface area contributed by atoms with E-state index in [-0.39, 0.29) is 24.6 Å². The number of likely N-dealkylation sites (tertiary alicyclic amines) is 1. The Morgan fingerprint density at radius 3 is 2.96 bits per heavy atom. The molecule has 25 heavy (non-hydrogen) atoms. The van der Waals surface area contributed by atoms with Gasteiger partial charge in [-0.05, 0) is 37.9 Å². The van der Waals surface area contributed by atoms with E-state index in [1.165, 1.54) is 12.8 Å². The first-order valence-corrected chi connectivity index (χ1v) is 8.82. The monoisotopic (exact) mass is 345 g/mol. The van der Waals surface area contributed by atoms with Crippen molar-refractivity contribution >= 4 is 11.6 Å². The van der Waals surface area contributed by atoms with Gasteiger partial charge in [0.1, 0.15) is 5.56 Å². The van der Waals surface area contributed by atoms with E-state index in [0.717, 1.165) is 18.7 Å². The van der Waals surface area contributed by atoms with Crippen molar-refractivity contribution in [1.29, 1.82) is 0 Å². The van der Waals surface area contributed by atoms with Crippen molar-refractivity contribution in [3.8, 4) is 0 Å². The van der Waals surface area contributed by atoms with Crippen LogP contribution in [-0.2, 0) is 11.2 Å². The van der Waals surface area contributed by atoms with Gasteiger partial charge < -0.3 is 15.2 Å². The Kier molecular flexibility index (Phi) is 4.65. The highest BCUT2D eigenvalue weighted by atomic mass is 16.5. The lowest BCUT2D eigenvalue weighted by Crippen LogP contribution is -2.50. The molecule has 2 saturated heterocycles. The maximum Gasteiger partial charge on any atom is 0.257 e. The minimum Gasteiger partial charge on any atom is -0.396 e. The molecule has 2 aromatic rings. The summed E-state index contributed by atoms with van der Waals surface area (Å²) in [5.41, 5.74) is 1.86. The minimum atomic E-state index is -0.169. The molecule has 8 nitrogen and oxygen atoms in total. The van der Waals surface area contributed by atoms with Crippen molar-refractivity contribution < 1.29 is 14.6 Å². The first kappa shape index (κ1) is 16.4. The van der Waals surface area contributed by atoms with E-state index in [0.29, 0.717) is 30.8 Å². The molecule has 0 bridgehead atoms. The van der Waals surface area contributed by atoms with Gasteiger partial charge in [-0.1, -0.05) is 0 Å². The molecule has 2 aliphatic rings. The fourth-order valence-corrected chi connectivity index (χ4v) is 3.69. The molecular formula is C17H23N5O3. The van der Waals surface area contributed by atoms with Crippen molar-refractivity contribution in [3.05, 3.63) is 29.7 Å². The summed E-state index contributed by atoms with van der Waals surface area (Å²) in [6.07, 6.45) is 7.95. The average molecular weight is 345 g/mol. The molecule has 2 N–H and O–H groups in total. The third-order valence-corrected chi connectivity index (χ3v) is 5.03. The van der Waals surface area contributed by atoms with Crippen LogP contribution in [0.4, 0.5) is 0 Å². The third kappa shape index (κ3) is 3.24. The number of carbonyl (C=O) groups is 1. The summed E-state index contributed by atoms with van der Waals surface area (Å²) < 4.78 is 7.20. The first-order valence-electron chi connectivity index (χ1n) is 8.82. The van der Waals surface area contributed by atoms with Crippen LogP contribution < -0.4 is 5.32 Å². The molecule has 134 valence electrons. The number of carbonyl (C=O) groups excluding carboxylic acids is 1. The van der Waals surface area contributed by atoms with Crippen molar-refractivity contribution in [2.75, 3.05) is 32.9 Å². The van der Waals surface area contributed by atoms with Crippen LogP contribution >= 0.6 is 0 Å². The molecule has 0 spiro atoms. The van der Waals surface area contributed by atoms with Gasteiger partial charge in [-0.25, -0.2) is 9.50 Å². The zero-order valence-electron chi connectivity index (χ0n) is 14.1. The highest BCUT2D eigenvalue weighted by molar-refractivity contribution is 5.99. The molecular weight excluding hydrogens is 322 g/mol. The predicted molar refractivity (Wildman–Crippen MR) is 90.4 cm³/mol. The van der Waals surface area contributed by atoms with E-state index in [1.807, 2.05) is 0 Å². The Hall–Kier alpha value is -2.03. The van der Waals surface area contributed by atoms with E-state index in [1.54, 1.807) is 23.1 Å². The van der Waals surface area contributed by atoms with Crippen molar-refractivity contribution in [1.82, 2.24) is 24.8 Å². The van der Waals surface area contributed by atoms with Crippen molar-refractivity contribution in [3.63, 3.8) is 0 Å². The maximum absolute atomic E-state index is 12.7. The molecule has 0 aromatic carbocycles. The molecule has 1 amide bonds. The second-order valence-corrected chi connectivity index (χ2v) is 6.69. The number of nitrogens with zero attached hydrogens (tertiary/aromatic N) is 4. The number of amides is 1. The van der Waals surface area contributed by atoms with Crippen LogP contribution in [0.25, 0.3) is 5.65 Å². The largest absolute Gasteiger partial charge is 0.396 e. The second-order valence-electron chi connectivity index (χ2n) is 6.69. The highest BCUT2D eigenvalue weighted by Gasteiger charge is 2.35. The lowest BCUT2D eigenvalue weighted by molar-refractivity contribution is 0.0918. The number of ether oxygens (including phenoxy) is 1. The number of hydrogen-bond donors (Lipinski definition) is 2. The number of aliphatic hydroxyl groups is 1. The minimum absolute atomic E-state index is 0.00536. The second kappa shape index (κ2) is 7.07. The summed E-state index contributed by atoms with van der Waals surface area (Å²) in [6.45, 7) is 3.42. The average Bonchev–Trinajstić information content (AvgIpc) is 3.34. The van der Waals surface area contributed by atoms with Crippen LogP contribution in [0, 0.1) is 0 Å². The van der Waals surface area contributed by atoms with Crippen LogP contribution in [0.1, 0.15) is 28.8 Å². The summed E-state index contributed by atoms with van der Waals surface area (Å²) in [7, 11) is 0. The molecule has 2 aliphatic heterocycles. The zero-order valence-corrected chi connectivity index (χ0v) is 14.1. The number of aromatic nitrogens is 3. The maximum atomic E-state index is 12.7. The summed E-state index contributed by atoms with van der Waals surface area (Å²) in [5.74, 6) is -0.169. The SMILES string of the molecule is O=C(N[C@@H]1COC[C@H]1N1CCCC1)c1cnn2cc(CCO)cnc12. The third-order valence-electron chi connectivity index (χ3n) is 5.03. The molecule has 8 heteroatoms. The van der Waals surface area contributed by atoms with E-state index >= 15 is 0 Å². The zero-order chi connectivity index (χ0) is 17.2. The van der Waals surface area contributed by atoms with Gasteiger partial charge in [0, 0.05) is 19.0 Å². The Labute approximate surface area is 145 Å². The number of nitrogens with one attached hydrogen (secondary N) is 1. The van der Waals surface area contributed by atoms with Crippen LogP contribution in [0.3, 0.4) is 0 Å². The van der Waals surface area contributed by atoms with Crippen LogP contribution in [0.5, 0.6) is 0 Å². The number of fused-ring (bicyclic) bond motifs is 1. The topological polar surface area (TPSA) is 92.0 Å². The van der Waals surface area contributed by atoms with Crippen molar-refractivity contribution in [2.45, 2.75) is 31.3 Å². The first-order chi connectivity index (χ1) is 12.3. The van der Waals surface area contributed by atoms with Gasteiger partial charge in [0.05, 0.1) is 31.5 Å². The number of aliphatic hydroxyl groups excluding tert-OH is 1. The summed E-state index contributed by atoms with van der Waals surface area (Å²) in [6, 6.07) is 0.242. The molecule has 4 heterocycles. The van der Waals surface area contributed by atoms with Gasteiger partial charge >= 0.3 is 0 Å². The summed E-state index contributed by atoms with van der Waals surface area (Å²) >= 11 is 0. The molecule has 4 rings (SSSR count). The standard InChI is InChI=1S/C17H23N5O3/c23-6-3-12-7-18-16-13(8-19-22(16)9-12)17(24)20-14-10-25-11-15(14)21-4-1-2-5-21/h7-9,14-15,23H,1-6,10-11H2,(H,20,24)/t14-,15-/m1/s1. The van der Waals surface area contributed by atoms with Crippen LogP contribution in [-0.4, -0.2) is 75.5 Å². The molecule has 0 aliphatic carbocycles. The lowest BCUT2D eigenvalue weighted by atomic mass is 10.1. The quantitative estimate of drug-likeness (QED) is 0.784. The molecule has 2 aromatic heterocycles. The van der Waals surface area contributed by atoms with E-state index in [9.17, 15) is 4.79 Å². The Morgan fingerprint density at radius 2 is 2.16 bits per heavy atom. The van der Waals surface area contributed by atoms with E-state index in [4.69, 9.17) is 9.84 Å². The smallest absolute Gasteiger partial charge is 0.257 e. The molecule has 2 fully saturated rings.